The zero-order valence-corrected chi connectivity index (χ0v) is 10.1. The molecule has 15 heavy (non-hydrogen) atoms. The molecule has 0 heterocycles. The maximum atomic E-state index is 11.2. The van der Waals surface area contributed by atoms with Gasteiger partial charge in [-0.05, 0) is 32.3 Å². The minimum absolute atomic E-state index is 0.00000459. The Balaban J connectivity index is 4.04. The second kappa shape index (κ2) is 7.39. The zero-order valence-electron chi connectivity index (χ0n) is 9.24. The zero-order chi connectivity index (χ0) is 11.8. The van der Waals surface area contributed by atoms with Gasteiger partial charge in [0.1, 0.15) is 6.04 Å². The number of carboxylic acids is 1. The minimum Gasteiger partial charge on any atom is -0.480 e. The Bertz CT molecular complexity index is 221. The quantitative estimate of drug-likeness (QED) is 0.638. The van der Waals surface area contributed by atoms with Crippen molar-refractivity contribution < 1.29 is 14.7 Å². The summed E-state index contributed by atoms with van der Waals surface area (Å²) in [5, 5.41) is 13.8. The molecule has 0 saturated heterocycles. The van der Waals surface area contributed by atoms with E-state index in [1.54, 1.807) is 11.8 Å². The summed E-state index contributed by atoms with van der Waals surface area (Å²) in [7, 11) is 0. The minimum atomic E-state index is -0.997. The lowest BCUT2D eigenvalue weighted by Crippen LogP contribution is -2.48. The number of hydrogen-bond donors (Lipinski definition) is 3. The molecular formula is C9H18N2O3S. The molecule has 0 radical (unpaired) electrons. The summed E-state index contributed by atoms with van der Waals surface area (Å²) in [5.41, 5.74) is 0. The van der Waals surface area contributed by atoms with Gasteiger partial charge in [-0.3, -0.25) is 0 Å². The molecule has 0 aromatic rings. The van der Waals surface area contributed by atoms with Crippen molar-refractivity contribution in [2.45, 2.75) is 32.4 Å². The van der Waals surface area contributed by atoms with Crippen LogP contribution in [0, 0.1) is 0 Å². The third-order valence-corrected chi connectivity index (χ3v) is 2.28. The van der Waals surface area contributed by atoms with Crippen molar-refractivity contribution in [1.82, 2.24) is 10.6 Å². The highest BCUT2D eigenvalue weighted by Gasteiger charge is 2.19. The van der Waals surface area contributed by atoms with Crippen molar-refractivity contribution in [3.63, 3.8) is 0 Å². The fourth-order valence-electron chi connectivity index (χ4n) is 0.955. The molecule has 0 bridgehead atoms. The average molecular weight is 234 g/mol. The number of amides is 2. The first kappa shape index (κ1) is 14.1. The van der Waals surface area contributed by atoms with Gasteiger partial charge in [0, 0.05) is 6.04 Å². The van der Waals surface area contributed by atoms with Crippen LogP contribution in [0.4, 0.5) is 4.79 Å². The van der Waals surface area contributed by atoms with E-state index in [0.29, 0.717) is 12.2 Å². The molecular weight excluding hydrogens is 216 g/mol. The molecule has 1 unspecified atom stereocenters. The highest BCUT2D eigenvalue weighted by Crippen LogP contribution is 2.00. The number of carboxylic acid groups (broad SMARTS) is 1. The largest absolute Gasteiger partial charge is 0.480 e. The van der Waals surface area contributed by atoms with E-state index < -0.39 is 18.0 Å². The number of hydrogen-bond acceptors (Lipinski definition) is 3. The van der Waals surface area contributed by atoms with Gasteiger partial charge in [0.05, 0.1) is 0 Å². The molecule has 2 amide bonds. The fraction of sp³-hybridized carbons (Fsp3) is 0.778. The molecule has 5 nitrogen and oxygen atoms in total. The van der Waals surface area contributed by atoms with Gasteiger partial charge in [-0.15, -0.1) is 0 Å². The molecule has 0 spiro atoms. The SMILES string of the molecule is CSCCC(NC(=O)NC(C)C)C(=O)O. The molecule has 0 aromatic carbocycles. The first-order valence-electron chi connectivity index (χ1n) is 4.76. The number of carbonyl (C=O) groups excluding carboxylic acids is 1. The van der Waals surface area contributed by atoms with Crippen molar-refractivity contribution in [3.05, 3.63) is 0 Å². The number of nitrogens with one attached hydrogen (secondary N) is 2. The van der Waals surface area contributed by atoms with Gasteiger partial charge in [0.15, 0.2) is 0 Å². The van der Waals surface area contributed by atoms with Gasteiger partial charge in [0.25, 0.3) is 0 Å². The van der Waals surface area contributed by atoms with Crippen LogP contribution in [-0.2, 0) is 4.79 Å². The van der Waals surface area contributed by atoms with Crippen LogP contribution in [0.15, 0.2) is 0 Å². The van der Waals surface area contributed by atoms with E-state index in [1.165, 1.54) is 0 Å². The predicted octanol–water partition coefficient (Wildman–Crippen LogP) is 0.900. The Labute approximate surface area is 94.0 Å². The van der Waals surface area contributed by atoms with Crippen LogP contribution in [-0.4, -0.2) is 41.2 Å². The lowest BCUT2D eigenvalue weighted by atomic mass is 10.2. The molecule has 1 atom stereocenters. The maximum absolute atomic E-state index is 11.2. The molecule has 0 saturated carbocycles. The van der Waals surface area contributed by atoms with Crippen molar-refractivity contribution >= 4 is 23.8 Å². The number of carbonyl (C=O) groups is 2. The molecule has 0 aliphatic rings. The maximum Gasteiger partial charge on any atom is 0.326 e. The van der Waals surface area contributed by atoms with Crippen molar-refractivity contribution in [3.8, 4) is 0 Å². The van der Waals surface area contributed by atoms with E-state index in [0.717, 1.165) is 0 Å². The molecule has 0 fully saturated rings. The van der Waals surface area contributed by atoms with Gasteiger partial charge in [-0.1, -0.05) is 0 Å². The van der Waals surface area contributed by atoms with Gasteiger partial charge in [0.2, 0.25) is 0 Å². The van der Waals surface area contributed by atoms with Crippen LogP contribution < -0.4 is 10.6 Å². The molecule has 0 aliphatic carbocycles. The second-order valence-corrected chi connectivity index (χ2v) is 4.43. The standard InChI is InChI=1S/C9H18N2O3S/c1-6(2)10-9(14)11-7(8(12)13)4-5-15-3/h6-7H,4-5H2,1-3H3,(H,12,13)(H2,10,11,14). The Morgan fingerprint density at radius 3 is 2.33 bits per heavy atom. The molecule has 0 aliphatic heterocycles. The van der Waals surface area contributed by atoms with Crippen molar-refractivity contribution in [1.29, 1.82) is 0 Å². The number of urea groups is 1. The summed E-state index contributed by atoms with van der Waals surface area (Å²) in [6, 6.07) is -1.24. The van der Waals surface area contributed by atoms with E-state index in [-0.39, 0.29) is 6.04 Å². The van der Waals surface area contributed by atoms with E-state index in [2.05, 4.69) is 10.6 Å². The number of rotatable bonds is 6. The average Bonchev–Trinajstić information content (AvgIpc) is 2.10. The molecule has 3 N–H and O–H groups in total. The highest BCUT2D eigenvalue weighted by molar-refractivity contribution is 7.98. The van der Waals surface area contributed by atoms with Crippen LogP contribution in [0.25, 0.3) is 0 Å². The Hall–Kier alpha value is -0.910. The van der Waals surface area contributed by atoms with Crippen LogP contribution in [0.3, 0.4) is 0 Å². The van der Waals surface area contributed by atoms with E-state index in [4.69, 9.17) is 5.11 Å². The summed E-state index contributed by atoms with van der Waals surface area (Å²) < 4.78 is 0. The van der Waals surface area contributed by atoms with Gasteiger partial charge in [-0.2, -0.15) is 11.8 Å². The number of thioether (sulfide) groups is 1. The normalized spacial score (nSPS) is 12.3. The third kappa shape index (κ3) is 7.07. The number of aliphatic carboxylic acids is 1. The van der Waals surface area contributed by atoms with Crippen molar-refractivity contribution in [2.24, 2.45) is 0 Å². The monoisotopic (exact) mass is 234 g/mol. The Morgan fingerprint density at radius 1 is 1.33 bits per heavy atom. The van der Waals surface area contributed by atoms with E-state index in [9.17, 15) is 9.59 Å². The molecule has 0 rings (SSSR count). The smallest absolute Gasteiger partial charge is 0.326 e. The van der Waals surface area contributed by atoms with E-state index >= 15 is 0 Å². The topological polar surface area (TPSA) is 78.4 Å². The lowest BCUT2D eigenvalue weighted by Gasteiger charge is -2.15. The highest BCUT2D eigenvalue weighted by atomic mass is 32.2. The first-order chi connectivity index (χ1) is 6.97. The van der Waals surface area contributed by atoms with Gasteiger partial charge < -0.3 is 15.7 Å². The van der Waals surface area contributed by atoms with Crippen LogP contribution >= 0.6 is 11.8 Å². The van der Waals surface area contributed by atoms with Gasteiger partial charge >= 0.3 is 12.0 Å². The Morgan fingerprint density at radius 2 is 1.93 bits per heavy atom. The van der Waals surface area contributed by atoms with E-state index in [1.807, 2.05) is 20.1 Å². The third-order valence-electron chi connectivity index (χ3n) is 1.63. The molecule has 88 valence electrons. The summed E-state index contributed by atoms with van der Waals surface area (Å²) >= 11 is 1.55. The summed E-state index contributed by atoms with van der Waals surface area (Å²) in [4.78, 5) is 22.0. The second-order valence-electron chi connectivity index (χ2n) is 3.44. The Kier molecular flexibility index (Phi) is 6.94. The fourth-order valence-corrected chi connectivity index (χ4v) is 1.43. The summed E-state index contributed by atoms with van der Waals surface area (Å²) in [6.45, 7) is 3.63. The predicted molar refractivity (Wildman–Crippen MR) is 61.2 cm³/mol. The first-order valence-corrected chi connectivity index (χ1v) is 6.15. The van der Waals surface area contributed by atoms with Crippen molar-refractivity contribution in [2.75, 3.05) is 12.0 Å². The van der Waals surface area contributed by atoms with Crippen LogP contribution in [0.1, 0.15) is 20.3 Å². The van der Waals surface area contributed by atoms with Crippen LogP contribution in [0.5, 0.6) is 0 Å². The summed E-state index contributed by atoms with van der Waals surface area (Å²) in [5.74, 6) is -0.290. The van der Waals surface area contributed by atoms with Crippen LogP contribution in [0.2, 0.25) is 0 Å². The lowest BCUT2D eigenvalue weighted by molar-refractivity contribution is -0.139. The summed E-state index contributed by atoms with van der Waals surface area (Å²) in [6.07, 6.45) is 2.33. The molecule has 6 heteroatoms. The van der Waals surface area contributed by atoms with Gasteiger partial charge in [-0.25, -0.2) is 9.59 Å². The molecule has 0 aromatic heterocycles.